The molecule has 8 heteroatoms. The van der Waals surface area contributed by atoms with E-state index in [2.05, 4.69) is 32.6 Å². The third-order valence-corrected chi connectivity index (χ3v) is 6.07. The highest BCUT2D eigenvalue weighted by Gasteiger charge is 2.11. The molecule has 0 aliphatic carbocycles. The Morgan fingerprint density at radius 2 is 1.85 bits per heavy atom. The molecule has 0 atom stereocenters. The molecular formula is C19H15ClN4OS2. The third-order valence-electron chi connectivity index (χ3n) is 3.69. The Balaban J connectivity index is 1.33. The van der Waals surface area contributed by atoms with Crippen molar-refractivity contribution in [3.63, 3.8) is 0 Å². The summed E-state index contributed by atoms with van der Waals surface area (Å²) in [5.74, 6) is 1.18. The minimum Gasteiger partial charge on any atom is -0.444 e. The second-order valence-electron chi connectivity index (χ2n) is 5.62. The van der Waals surface area contributed by atoms with Gasteiger partial charge in [0.15, 0.2) is 4.34 Å². The molecular weight excluding hydrogens is 400 g/mol. The van der Waals surface area contributed by atoms with Gasteiger partial charge in [0.1, 0.15) is 6.26 Å². The van der Waals surface area contributed by atoms with Gasteiger partial charge in [-0.1, -0.05) is 77.2 Å². The molecule has 0 radical (unpaired) electrons. The highest BCUT2D eigenvalue weighted by molar-refractivity contribution is 8.00. The van der Waals surface area contributed by atoms with Crippen LogP contribution in [0.1, 0.15) is 11.3 Å². The molecule has 0 amide bonds. The van der Waals surface area contributed by atoms with Crippen molar-refractivity contribution in [2.75, 3.05) is 5.32 Å². The van der Waals surface area contributed by atoms with E-state index >= 15 is 0 Å². The molecule has 0 unspecified atom stereocenters. The van der Waals surface area contributed by atoms with Crippen LogP contribution < -0.4 is 5.32 Å². The van der Waals surface area contributed by atoms with Crippen molar-refractivity contribution in [3.05, 3.63) is 77.1 Å². The first-order valence-electron chi connectivity index (χ1n) is 8.21. The maximum atomic E-state index is 6.19. The van der Waals surface area contributed by atoms with E-state index in [4.69, 9.17) is 16.0 Å². The van der Waals surface area contributed by atoms with Crippen molar-refractivity contribution in [1.82, 2.24) is 15.2 Å². The van der Waals surface area contributed by atoms with Crippen LogP contribution in [0.4, 0.5) is 5.13 Å². The number of halogens is 1. The summed E-state index contributed by atoms with van der Waals surface area (Å²) in [6, 6.07) is 17.7. The Morgan fingerprint density at radius 1 is 1.04 bits per heavy atom. The summed E-state index contributed by atoms with van der Waals surface area (Å²) >= 11 is 9.29. The van der Waals surface area contributed by atoms with E-state index in [1.165, 1.54) is 16.9 Å². The van der Waals surface area contributed by atoms with Crippen LogP contribution in [0.15, 0.2) is 69.6 Å². The predicted molar refractivity (Wildman–Crippen MR) is 110 cm³/mol. The van der Waals surface area contributed by atoms with Gasteiger partial charge in [0.05, 0.1) is 16.3 Å². The van der Waals surface area contributed by atoms with Crippen molar-refractivity contribution >= 4 is 39.8 Å². The number of oxazole rings is 1. The topological polar surface area (TPSA) is 63.8 Å². The molecule has 0 saturated carbocycles. The van der Waals surface area contributed by atoms with Crippen LogP contribution in [0.5, 0.6) is 0 Å². The first-order valence-corrected chi connectivity index (χ1v) is 10.4. The van der Waals surface area contributed by atoms with Crippen LogP contribution in [0, 0.1) is 0 Å². The van der Waals surface area contributed by atoms with Gasteiger partial charge >= 0.3 is 0 Å². The standard InChI is InChI=1S/C19H15ClN4OS2/c20-16-9-5-4-8-15(16)17-22-14(11-25-17)12-26-19-24-23-18(27-19)21-10-13-6-2-1-3-7-13/h1-9,11H,10,12H2,(H,21,23). The van der Waals surface area contributed by atoms with Gasteiger partial charge in [0.25, 0.3) is 0 Å². The number of hydrogen-bond donors (Lipinski definition) is 1. The number of anilines is 1. The first-order chi connectivity index (χ1) is 13.3. The van der Waals surface area contributed by atoms with E-state index in [-0.39, 0.29) is 0 Å². The van der Waals surface area contributed by atoms with Crippen molar-refractivity contribution < 1.29 is 4.42 Å². The van der Waals surface area contributed by atoms with Crippen LogP contribution in [0.2, 0.25) is 5.02 Å². The summed E-state index contributed by atoms with van der Waals surface area (Å²) < 4.78 is 6.44. The van der Waals surface area contributed by atoms with Gasteiger partial charge < -0.3 is 9.73 Å². The zero-order valence-corrected chi connectivity index (χ0v) is 16.5. The molecule has 27 heavy (non-hydrogen) atoms. The summed E-state index contributed by atoms with van der Waals surface area (Å²) in [6.45, 7) is 0.727. The molecule has 0 bridgehead atoms. The van der Waals surface area contributed by atoms with Crippen molar-refractivity contribution in [2.45, 2.75) is 16.6 Å². The summed E-state index contributed by atoms with van der Waals surface area (Å²) in [6.07, 6.45) is 1.65. The second-order valence-corrected chi connectivity index (χ2v) is 8.23. The minimum absolute atomic E-state index is 0.527. The lowest BCUT2D eigenvalue weighted by Gasteiger charge is -2.00. The molecule has 0 fully saturated rings. The van der Waals surface area contributed by atoms with Gasteiger partial charge in [0.2, 0.25) is 11.0 Å². The van der Waals surface area contributed by atoms with Crippen LogP contribution in [0.25, 0.3) is 11.5 Å². The fourth-order valence-corrected chi connectivity index (χ4v) is 4.22. The molecule has 5 nitrogen and oxygen atoms in total. The summed E-state index contributed by atoms with van der Waals surface area (Å²) in [7, 11) is 0. The molecule has 4 rings (SSSR count). The predicted octanol–water partition coefficient (Wildman–Crippen LogP) is 5.75. The van der Waals surface area contributed by atoms with Crippen LogP contribution >= 0.6 is 34.7 Å². The third kappa shape index (κ3) is 4.68. The fourth-order valence-electron chi connectivity index (χ4n) is 2.38. The van der Waals surface area contributed by atoms with Gasteiger partial charge in [-0.15, -0.1) is 10.2 Å². The molecule has 136 valence electrons. The SMILES string of the molecule is Clc1ccccc1-c1nc(CSc2nnc(NCc3ccccc3)s2)co1. The highest BCUT2D eigenvalue weighted by Crippen LogP contribution is 2.31. The molecule has 2 heterocycles. The number of hydrogen-bond acceptors (Lipinski definition) is 7. The van der Waals surface area contributed by atoms with Crippen molar-refractivity contribution in [3.8, 4) is 11.5 Å². The van der Waals surface area contributed by atoms with Gasteiger partial charge in [-0.3, -0.25) is 0 Å². The molecule has 1 N–H and O–H groups in total. The lowest BCUT2D eigenvalue weighted by molar-refractivity contribution is 0.573. The molecule has 2 aromatic heterocycles. The van der Waals surface area contributed by atoms with Gasteiger partial charge in [-0.2, -0.15) is 0 Å². The maximum absolute atomic E-state index is 6.19. The molecule has 0 aliphatic rings. The monoisotopic (exact) mass is 414 g/mol. The minimum atomic E-state index is 0.527. The van der Waals surface area contributed by atoms with E-state index < -0.39 is 0 Å². The number of nitrogens with one attached hydrogen (secondary N) is 1. The Kier molecular flexibility index (Phi) is 5.72. The Hall–Kier alpha value is -2.35. The highest BCUT2D eigenvalue weighted by atomic mass is 35.5. The van der Waals surface area contributed by atoms with E-state index in [0.29, 0.717) is 16.7 Å². The molecule has 0 saturated heterocycles. The number of thioether (sulfide) groups is 1. The first kappa shape index (κ1) is 18.0. The van der Waals surface area contributed by atoms with Crippen molar-refractivity contribution in [1.29, 1.82) is 0 Å². The number of rotatable bonds is 7. The van der Waals surface area contributed by atoms with Gasteiger partial charge in [0, 0.05) is 12.3 Å². The average Bonchev–Trinajstić information content (AvgIpc) is 3.35. The summed E-state index contributed by atoms with van der Waals surface area (Å²) in [5.41, 5.74) is 2.83. The quantitative estimate of drug-likeness (QED) is 0.388. The molecule has 0 aliphatic heterocycles. The lowest BCUT2D eigenvalue weighted by atomic mass is 10.2. The Bertz CT molecular complexity index is 1020. The summed E-state index contributed by atoms with van der Waals surface area (Å²) in [4.78, 5) is 4.51. The van der Waals surface area contributed by atoms with E-state index in [0.717, 1.165) is 27.3 Å². The van der Waals surface area contributed by atoms with E-state index in [1.54, 1.807) is 18.0 Å². The normalized spacial score (nSPS) is 10.9. The number of benzene rings is 2. The Morgan fingerprint density at radius 3 is 2.70 bits per heavy atom. The lowest BCUT2D eigenvalue weighted by Crippen LogP contribution is -1.98. The zero-order valence-electron chi connectivity index (χ0n) is 14.1. The smallest absolute Gasteiger partial charge is 0.227 e. The average molecular weight is 415 g/mol. The van der Waals surface area contributed by atoms with Gasteiger partial charge in [-0.25, -0.2) is 4.98 Å². The van der Waals surface area contributed by atoms with Crippen molar-refractivity contribution in [2.24, 2.45) is 0 Å². The van der Waals surface area contributed by atoms with Crippen LogP contribution in [-0.2, 0) is 12.3 Å². The number of nitrogens with zero attached hydrogens (tertiary/aromatic N) is 3. The fraction of sp³-hybridized carbons (Fsp3) is 0.105. The second kappa shape index (κ2) is 8.56. The zero-order chi connectivity index (χ0) is 18.5. The van der Waals surface area contributed by atoms with Gasteiger partial charge in [-0.05, 0) is 17.7 Å². The van der Waals surface area contributed by atoms with Crippen LogP contribution in [0.3, 0.4) is 0 Å². The Labute approximate surface area is 169 Å². The molecule has 2 aromatic carbocycles. The van der Waals surface area contributed by atoms with Crippen LogP contribution in [-0.4, -0.2) is 15.2 Å². The largest absolute Gasteiger partial charge is 0.444 e. The van der Waals surface area contributed by atoms with E-state index in [1.807, 2.05) is 42.5 Å². The summed E-state index contributed by atoms with van der Waals surface area (Å²) in [5, 5.41) is 13.1. The number of aromatic nitrogens is 3. The molecule has 0 spiro atoms. The van der Waals surface area contributed by atoms with E-state index in [9.17, 15) is 0 Å². The maximum Gasteiger partial charge on any atom is 0.227 e. The molecule has 4 aromatic rings.